The molecule has 1 aliphatic rings. The fraction of sp³-hybridized carbons (Fsp3) is 0.0526. The first-order chi connectivity index (χ1) is 12.1. The Balaban J connectivity index is 1.79. The summed E-state index contributed by atoms with van der Waals surface area (Å²) < 4.78 is 0. The van der Waals surface area contributed by atoms with Gasteiger partial charge >= 0.3 is 5.97 Å². The maximum atomic E-state index is 13.1. The van der Waals surface area contributed by atoms with Gasteiger partial charge in [-0.15, -0.1) is 11.3 Å². The number of nitrogens with zero attached hydrogens (tertiary/aromatic N) is 1. The Morgan fingerprint density at radius 2 is 1.72 bits per heavy atom. The molecule has 2 aromatic carbocycles. The lowest BCUT2D eigenvalue weighted by Crippen LogP contribution is -2.29. The molecular weight excluding hydrogens is 336 g/mol. The van der Waals surface area contributed by atoms with Gasteiger partial charge in [0.15, 0.2) is 0 Å². The molecule has 6 heteroatoms. The van der Waals surface area contributed by atoms with Gasteiger partial charge in [0.2, 0.25) is 0 Å². The molecule has 4 rings (SSSR count). The molecule has 0 spiro atoms. The van der Waals surface area contributed by atoms with Crippen LogP contribution in [0.1, 0.15) is 24.9 Å². The summed E-state index contributed by atoms with van der Waals surface area (Å²) in [5, 5.41) is 12.4. The number of thiophene rings is 1. The molecule has 0 radical (unpaired) electrons. The normalized spacial score (nSPS) is 12.8. The van der Waals surface area contributed by atoms with Crippen LogP contribution < -0.4 is 10.2 Å². The maximum Gasteiger partial charge on any atom is 0.345 e. The van der Waals surface area contributed by atoms with E-state index in [9.17, 15) is 9.59 Å². The third kappa shape index (κ3) is 2.77. The van der Waals surface area contributed by atoms with E-state index < -0.39 is 5.97 Å². The number of anilines is 3. The summed E-state index contributed by atoms with van der Waals surface area (Å²) in [6, 6.07) is 18.3. The van der Waals surface area contributed by atoms with Crippen LogP contribution in [0.5, 0.6) is 0 Å². The fourth-order valence-electron chi connectivity index (χ4n) is 2.88. The van der Waals surface area contributed by atoms with Crippen molar-refractivity contribution in [3.63, 3.8) is 0 Å². The first-order valence-corrected chi connectivity index (χ1v) is 8.54. The fourth-order valence-corrected chi connectivity index (χ4v) is 3.72. The number of amides is 1. The highest BCUT2D eigenvalue weighted by molar-refractivity contribution is 7.13. The average molecular weight is 350 g/mol. The van der Waals surface area contributed by atoms with E-state index in [4.69, 9.17) is 5.11 Å². The lowest BCUT2D eigenvalue weighted by Gasteiger charge is -2.22. The average Bonchev–Trinajstić information content (AvgIpc) is 3.05. The van der Waals surface area contributed by atoms with Crippen molar-refractivity contribution in [2.24, 2.45) is 0 Å². The smallest absolute Gasteiger partial charge is 0.345 e. The summed E-state index contributed by atoms with van der Waals surface area (Å²) in [6.45, 7) is 0.323. The number of carbonyl (C=O) groups excluding carboxylic acids is 1. The first-order valence-electron chi connectivity index (χ1n) is 7.72. The van der Waals surface area contributed by atoms with E-state index in [2.05, 4.69) is 5.32 Å². The third-order valence-corrected chi connectivity index (χ3v) is 5.11. The summed E-state index contributed by atoms with van der Waals surface area (Å²) in [4.78, 5) is 27.0. The van der Waals surface area contributed by atoms with Gasteiger partial charge in [0.1, 0.15) is 4.88 Å². The summed E-state index contributed by atoms with van der Waals surface area (Å²) in [5.41, 5.74) is 2.97. The second-order valence-corrected chi connectivity index (χ2v) is 6.82. The van der Waals surface area contributed by atoms with Gasteiger partial charge in [0, 0.05) is 4.88 Å². The Morgan fingerprint density at radius 1 is 1.00 bits per heavy atom. The highest BCUT2D eigenvalue weighted by Crippen LogP contribution is 2.36. The molecule has 0 saturated carbocycles. The van der Waals surface area contributed by atoms with Crippen LogP contribution in [0.25, 0.3) is 0 Å². The number of carboxylic acids is 1. The predicted octanol–water partition coefficient (Wildman–Crippen LogP) is 4.35. The Bertz CT molecular complexity index is 980. The molecule has 2 heterocycles. The van der Waals surface area contributed by atoms with E-state index in [-0.39, 0.29) is 10.8 Å². The Labute approximate surface area is 148 Å². The second kappa shape index (κ2) is 6.07. The van der Waals surface area contributed by atoms with Crippen molar-refractivity contribution in [3.05, 3.63) is 76.0 Å². The van der Waals surface area contributed by atoms with Crippen LogP contribution in [-0.2, 0) is 6.54 Å². The number of nitrogens with one attached hydrogen (secondary N) is 1. The van der Waals surface area contributed by atoms with Crippen LogP contribution in [0.4, 0.5) is 17.1 Å². The van der Waals surface area contributed by atoms with E-state index >= 15 is 0 Å². The van der Waals surface area contributed by atoms with E-state index in [0.717, 1.165) is 21.9 Å². The van der Waals surface area contributed by atoms with Crippen LogP contribution in [0.15, 0.2) is 60.7 Å². The zero-order valence-corrected chi connectivity index (χ0v) is 13.9. The molecule has 5 nitrogen and oxygen atoms in total. The third-order valence-electron chi connectivity index (χ3n) is 4.05. The molecule has 0 unspecified atom stereocenters. The number of aromatic carboxylic acids is 1. The number of benzene rings is 2. The molecule has 1 aromatic heterocycles. The minimum atomic E-state index is -0.953. The number of rotatable bonds is 3. The van der Waals surface area contributed by atoms with Gasteiger partial charge in [-0.05, 0) is 36.4 Å². The lowest BCUT2D eigenvalue weighted by molar-refractivity contribution is 0.0702. The minimum Gasteiger partial charge on any atom is -0.477 e. The predicted molar refractivity (Wildman–Crippen MR) is 98.0 cm³/mol. The van der Waals surface area contributed by atoms with Gasteiger partial charge < -0.3 is 15.3 Å². The van der Waals surface area contributed by atoms with Gasteiger partial charge in [-0.1, -0.05) is 24.3 Å². The van der Waals surface area contributed by atoms with Crippen LogP contribution in [0, 0.1) is 0 Å². The van der Waals surface area contributed by atoms with Crippen molar-refractivity contribution in [2.75, 3.05) is 10.2 Å². The monoisotopic (exact) mass is 350 g/mol. The van der Waals surface area contributed by atoms with Crippen LogP contribution >= 0.6 is 11.3 Å². The largest absolute Gasteiger partial charge is 0.477 e. The van der Waals surface area contributed by atoms with Crippen LogP contribution in [0.2, 0.25) is 0 Å². The molecule has 0 saturated heterocycles. The van der Waals surface area contributed by atoms with Crippen LogP contribution in [-0.4, -0.2) is 17.0 Å². The molecule has 1 aliphatic heterocycles. The standard InChI is InChI=1S/C19H14N2O3S/c22-18-13-5-1-2-6-14(13)20-15-7-3-4-8-16(15)21(18)11-12-9-10-17(25-12)19(23)24/h1-10,20H,11H2,(H,23,24). The highest BCUT2D eigenvalue weighted by Gasteiger charge is 2.26. The van der Waals surface area contributed by atoms with Crippen molar-refractivity contribution < 1.29 is 14.7 Å². The first kappa shape index (κ1) is 15.4. The molecule has 25 heavy (non-hydrogen) atoms. The zero-order valence-electron chi connectivity index (χ0n) is 13.1. The molecule has 2 N–H and O–H groups in total. The van der Waals surface area contributed by atoms with E-state index in [1.807, 2.05) is 42.5 Å². The summed E-state index contributed by atoms with van der Waals surface area (Å²) in [6.07, 6.45) is 0. The van der Waals surface area contributed by atoms with Crippen molar-refractivity contribution in [1.29, 1.82) is 0 Å². The number of hydrogen-bond donors (Lipinski definition) is 2. The topological polar surface area (TPSA) is 69.6 Å². The molecule has 0 aliphatic carbocycles. The Kier molecular flexibility index (Phi) is 3.74. The molecule has 0 fully saturated rings. The van der Waals surface area contributed by atoms with Gasteiger partial charge in [0.25, 0.3) is 5.91 Å². The summed E-state index contributed by atoms with van der Waals surface area (Å²) >= 11 is 1.19. The molecule has 124 valence electrons. The van der Waals surface area contributed by atoms with Crippen molar-refractivity contribution in [3.8, 4) is 0 Å². The molecule has 0 bridgehead atoms. The van der Waals surface area contributed by atoms with E-state index in [0.29, 0.717) is 12.1 Å². The van der Waals surface area contributed by atoms with E-state index in [1.165, 1.54) is 11.3 Å². The summed E-state index contributed by atoms with van der Waals surface area (Å²) in [5.74, 6) is -1.07. The number of hydrogen-bond acceptors (Lipinski definition) is 4. The highest BCUT2D eigenvalue weighted by atomic mass is 32.1. The minimum absolute atomic E-state index is 0.113. The molecule has 0 atom stereocenters. The molecule has 3 aromatic rings. The maximum absolute atomic E-state index is 13.1. The van der Waals surface area contributed by atoms with Gasteiger partial charge in [-0.25, -0.2) is 4.79 Å². The van der Waals surface area contributed by atoms with Crippen molar-refractivity contribution in [2.45, 2.75) is 6.54 Å². The second-order valence-electron chi connectivity index (χ2n) is 5.65. The van der Waals surface area contributed by atoms with Gasteiger partial charge in [0.05, 0.1) is 29.2 Å². The van der Waals surface area contributed by atoms with Crippen molar-refractivity contribution in [1.82, 2.24) is 0 Å². The lowest BCUT2D eigenvalue weighted by atomic mass is 10.1. The number of carboxylic acid groups (broad SMARTS) is 1. The van der Waals surface area contributed by atoms with Crippen LogP contribution in [0.3, 0.4) is 0 Å². The number of para-hydroxylation sites is 3. The molecule has 1 amide bonds. The molecular formula is C19H14N2O3S. The van der Waals surface area contributed by atoms with E-state index in [1.54, 1.807) is 23.1 Å². The number of carbonyl (C=O) groups is 2. The van der Waals surface area contributed by atoms with Crippen molar-refractivity contribution >= 4 is 40.3 Å². The van der Waals surface area contributed by atoms with Gasteiger partial charge in [-0.3, -0.25) is 4.79 Å². The zero-order chi connectivity index (χ0) is 17.4. The Hall–Kier alpha value is -3.12. The SMILES string of the molecule is O=C(O)c1ccc(CN2C(=O)c3ccccc3Nc3ccccc32)s1. The van der Waals surface area contributed by atoms with Gasteiger partial charge in [-0.2, -0.15) is 0 Å². The summed E-state index contributed by atoms with van der Waals surface area (Å²) in [7, 11) is 0. The Morgan fingerprint density at radius 3 is 2.48 bits per heavy atom. The number of fused-ring (bicyclic) bond motifs is 2. The quantitative estimate of drug-likeness (QED) is 0.737.